The van der Waals surface area contributed by atoms with Gasteiger partial charge < -0.3 is 4.74 Å². The quantitative estimate of drug-likeness (QED) is 0.210. The standard InChI is InChI=1S/C31H42F2O/c1-3-5-7-10-24-13-17-26(18-14-24)27-19-15-25(16-20-27)11-8-9-12-28-21-22-29(31(33)30(28)32)34-23-6-4-2/h8,11,13-14,17-18,21-22,25,27H,3-7,9-10,12,15-16,19-20,23H2,1-2H3/b11-8+. The average Bonchev–Trinajstić information content (AvgIpc) is 2.86. The Bertz CT molecular complexity index is 879. The highest BCUT2D eigenvalue weighted by Gasteiger charge is 2.21. The molecule has 0 radical (unpaired) electrons. The summed E-state index contributed by atoms with van der Waals surface area (Å²) in [4.78, 5) is 0. The predicted octanol–water partition coefficient (Wildman–Crippen LogP) is 9.34. The number of hydrogen-bond donors (Lipinski definition) is 0. The summed E-state index contributed by atoms with van der Waals surface area (Å²) in [6, 6.07) is 12.6. The molecule has 0 unspecified atom stereocenters. The van der Waals surface area contributed by atoms with Crippen LogP contribution in [0.4, 0.5) is 8.78 Å². The minimum Gasteiger partial charge on any atom is -0.490 e. The van der Waals surface area contributed by atoms with Gasteiger partial charge in [-0.05, 0) is 92.4 Å². The molecule has 1 saturated carbocycles. The lowest BCUT2D eigenvalue weighted by Crippen LogP contribution is -2.11. The van der Waals surface area contributed by atoms with Crippen LogP contribution in [-0.2, 0) is 12.8 Å². The number of ether oxygens (including phenoxy) is 1. The predicted molar refractivity (Wildman–Crippen MR) is 139 cm³/mol. The molecule has 0 aliphatic heterocycles. The first-order chi connectivity index (χ1) is 16.6. The van der Waals surface area contributed by atoms with Crippen LogP contribution < -0.4 is 4.74 Å². The van der Waals surface area contributed by atoms with Crippen LogP contribution in [0.5, 0.6) is 5.75 Å². The van der Waals surface area contributed by atoms with Crippen LogP contribution in [-0.4, -0.2) is 6.61 Å². The van der Waals surface area contributed by atoms with Gasteiger partial charge in [0, 0.05) is 0 Å². The number of allylic oxidation sites excluding steroid dienone is 2. The zero-order valence-corrected chi connectivity index (χ0v) is 21.1. The Balaban J connectivity index is 1.40. The monoisotopic (exact) mass is 468 g/mol. The van der Waals surface area contributed by atoms with Crippen molar-refractivity contribution in [2.24, 2.45) is 5.92 Å². The molecule has 0 heterocycles. The fraction of sp³-hybridized carbons (Fsp3) is 0.548. The molecule has 3 rings (SSSR count). The maximum Gasteiger partial charge on any atom is 0.200 e. The number of benzene rings is 2. The Morgan fingerprint density at radius 3 is 2.26 bits per heavy atom. The van der Waals surface area contributed by atoms with Crippen LogP contribution in [0.1, 0.15) is 101 Å². The fourth-order valence-electron chi connectivity index (χ4n) is 4.91. The zero-order chi connectivity index (χ0) is 24.2. The van der Waals surface area contributed by atoms with Crippen LogP contribution in [0, 0.1) is 17.6 Å². The molecule has 1 aliphatic carbocycles. The van der Waals surface area contributed by atoms with Crippen molar-refractivity contribution in [3.63, 3.8) is 0 Å². The molecule has 2 aromatic rings. The van der Waals surface area contributed by atoms with E-state index in [4.69, 9.17) is 4.74 Å². The third-order valence-electron chi connectivity index (χ3n) is 7.16. The van der Waals surface area contributed by atoms with Crippen molar-refractivity contribution >= 4 is 0 Å². The lowest BCUT2D eigenvalue weighted by atomic mass is 9.78. The molecule has 2 aromatic carbocycles. The third kappa shape index (κ3) is 7.96. The van der Waals surface area contributed by atoms with E-state index in [1.807, 2.05) is 6.92 Å². The third-order valence-corrected chi connectivity index (χ3v) is 7.16. The molecule has 0 atom stereocenters. The zero-order valence-electron chi connectivity index (χ0n) is 21.1. The number of unbranched alkanes of at least 4 members (excludes halogenated alkanes) is 3. The van der Waals surface area contributed by atoms with Gasteiger partial charge in [0.05, 0.1) is 6.61 Å². The summed E-state index contributed by atoms with van der Waals surface area (Å²) < 4.78 is 34.0. The van der Waals surface area contributed by atoms with E-state index in [2.05, 4.69) is 43.3 Å². The van der Waals surface area contributed by atoms with Crippen molar-refractivity contribution in [3.8, 4) is 5.75 Å². The van der Waals surface area contributed by atoms with Gasteiger partial charge in [0.1, 0.15) is 0 Å². The number of aryl methyl sites for hydroxylation is 2. The van der Waals surface area contributed by atoms with Gasteiger partial charge in [0.15, 0.2) is 11.6 Å². The van der Waals surface area contributed by atoms with Gasteiger partial charge in [0.25, 0.3) is 0 Å². The first kappa shape index (κ1) is 26.4. The molecule has 3 heteroatoms. The molecule has 1 nitrogen and oxygen atoms in total. The number of hydrogen-bond acceptors (Lipinski definition) is 1. The van der Waals surface area contributed by atoms with Gasteiger partial charge in [-0.1, -0.05) is 75.6 Å². The van der Waals surface area contributed by atoms with Gasteiger partial charge in [-0.15, -0.1) is 0 Å². The molecule has 0 N–H and O–H groups in total. The van der Waals surface area contributed by atoms with Crippen LogP contribution in [0.2, 0.25) is 0 Å². The molecule has 186 valence electrons. The molecule has 34 heavy (non-hydrogen) atoms. The fourth-order valence-corrected chi connectivity index (χ4v) is 4.91. The summed E-state index contributed by atoms with van der Waals surface area (Å²) in [7, 11) is 0. The van der Waals surface area contributed by atoms with Gasteiger partial charge >= 0.3 is 0 Å². The summed E-state index contributed by atoms with van der Waals surface area (Å²) in [5.74, 6) is -0.331. The Kier molecular flexibility index (Phi) is 11.1. The number of rotatable bonds is 13. The lowest BCUT2D eigenvalue weighted by Gasteiger charge is -2.27. The Morgan fingerprint density at radius 1 is 0.824 bits per heavy atom. The molecule has 0 amide bonds. The highest BCUT2D eigenvalue weighted by Crippen LogP contribution is 2.36. The molecule has 0 saturated heterocycles. The summed E-state index contributed by atoms with van der Waals surface area (Å²) in [6.07, 6.45) is 17.4. The molecular formula is C31H42F2O. The highest BCUT2D eigenvalue weighted by molar-refractivity contribution is 5.31. The van der Waals surface area contributed by atoms with E-state index in [-0.39, 0.29) is 5.75 Å². The highest BCUT2D eigenvalue weighted by atomic mass is 19.2. The van der Waals surface area contributed by atoms with Gasteiger partial charge in [-0.3, -0.25) is 0 Å². The van der Waals surface area contributed by atoms with E-state index in [0.717, 1.165) is 19.3 Å². The van der Waals surface area contributed by atoms with Crippen molar-refractivity contribution in [2.45, 2.75) is 96.8 Å². The maximum absolute atomic E-state index is 14.4. The molecule has 1 aliphatic rings. The normalized spacial score (nSPS) is 18.5. The van der Waals surface area contributed by atoms with Crippen LogP contribution >= 0.6 is 0 Å². The van der Waals surface area contributed by atoms with Crippen LogP contribution in [0.3, 0.4) is 0 Å². The minimum absolute atomic E-state index is 0.0214. The van der Waals surface area contributed by atoms with E-state index in [1.165, 1.54) is 62.5 Å². The van der Waals surface area contributed by atoms with Crippen LogP contribution in [0.25, 0.3) is 0 Å². The second-order valence-corrected chi connectivity index (χ2v) is 9.83. The van der Waals surface area contributed by atoms with Crippen molar-refractivity contribution in [1.82, 2.24) is 0 Å². The van der Waals surface area contributed by atoms with E-state index < -0.39 is 11.6 Å². The van der Waals surface area contributed by atoms with Crippen molar-refractivity contribution < 1.29 is 13.5 Å². The second kappa shape index (κ2) is 14.3. The average molecular weight is 469 g/mol. The van der Waals surface area contributed by atoms with E-state index >= 15 is 0 Å². The molecule has 0 aromatic heterocycles. The smallest absolute Gasteiger partial charge is 0.200 e. The largest absolute Gasteiger partial charge is 0.490 e. The Hall–Kier alpha value is -2.16. The first-order valence-electron chi connectivity index (χ1n) is 13.5. The first-order valence-corrected chi connectivity index (χ1v) is 13.5. The van der Waals surface area contributed by atoms with E-state index in [9.17, 15) is 8.78 Å². The van der Waals surface area contributed by atoms with Crippen molar-refractivity contribution in [2.75, 3.05) is 6.61 Å². The summed E-state index contributed by atoms with van der Waals surface area (Å²) in [5.41, 5.74) is 3.37. The van der Waals surface area contributed by atoms with Gasteiger partial charge in [-0.25, -0.2) is 4.39 Å². The van der Waals surface area contributed by atoms with E-state index in [0.29, 0.717) is 30.4 Å². The summed E-state index contributed by atoms with van der Waals surface area (Å²) in [6.45, 7) is 4.71. The second-order valence-electron chi connectivity index (χ2n) is 9.83. The van der Waals surface area contributed by atoms with Gasteiger partial charge in [0.2, 0.25) is 5.82 Å². The van der Waals surface area contributed by atoms with Gasteiger partial charge in [-0.2, -0.15) is 4.39 Å². The summed E-state index contributed by atoms with van der Waals surface area (Å²) >= 11 is 0. The SMILES string of the molecule is CCCCCc1ccc(C2CCC(/C=C/CCc3ccc(OCCCC)c(F)c3F)CC2)cc1. The Labute approximate surface area is 205 Å². The van der Waals surface area contributed by atoms with E-state index in [1.54, 1.807) is 12.1 Å². The molecule has 1 fully saturated rings. The summed E-state index contributed by atoms with van der Waals surface area (Å²) in [5, 5.41) is 0. The maximum atomic E-state index is 14.4. The number of halogens is 2. The lowest BCUT2D eigenvalue weighted by molar-refractivity contribution is 0.288. The Morgan fingerprint density at radius 2 is 1.56 bits per heavy atom. The molecule has 0 bridgehead atoms. The minimum atomic E-state index is -0.857. The molecular weight excluding hydrogens is 426 g/mol. The van der Waals surface area contributed by atoms with Crippen LogP contribution in [0.15, 0.2) is 48.6 Å². The van der Waals surface area contributed by atoms with Crippen molar-refractivity contribution in [1.29, 1.82) is 0 Å². The van der Waals surface area contributed by atoms with Crippen molar-refractivity contribution in [3.05, 3.63) is 76.9 Å². The molecule has 0 spiro atoms. The topological polar surface area (TPSA) is 9.23 Å².